The number of nitrogens with zero attached hydrogens (tertiary/aromatic N) is 1. The van der Waals surface area contributed by atoms with Crippen molar-refractivity contribution < 1.29 is 33.7 Å². The van der Waals surface area contributed by atoms with Crippen LogP contribution in [0.15, 0.2) is 12.1 Å². The van der Waals surface area contributed by atoms with Crippen molar-refractivity contribution in [3.8, 4) is 17.2 Å². The second-order valence-corrected chi connectivity index (χ2v) is 5.69. The maximum atomic E-state index is 12.6. The lowest BCUT2D eigenvalue weighted by Gasteiger charge is -2.31. The van der Waals surface area contributed by atoms with Gasteiger partial charge in [-0.3, -0.25) is 9.59 Å². The number of carbonyl (C=O) groups excluding carboxylic acids is 2. The number of ether oxygens (including phenoxy) is 3. The molecular weight excluding hydrogens is 332 g/mol. The summed E-state index contributed by atoms with van der Waals surface area (Å²) < 4.78 is 15.6. The standard InChI is InChI=1S/C16H22N2O7/c1-16(2,15(21)22)18(3)14(20)9-6-10(23-4)13(11(7-9)24-5)25-8-12(17)19/h6-7H,8H2,1-5H3,(H2,17,19)(H,21,22). The molecule has 1 aromatic rings. The number of amides is 2. The van der Waals surface area contributed by atoms with Gasteiger partial charge in [0.25, 0.3) is 11.8 Å². The van der Waals surface area contributed by atoms with Crippen LogP contribution in [0, 0.1) is 0 Å². The van der Waals surface area contributed by atoms with E-state index in [2.05, 4.69) is 0 Å². The van der Waals surface area contributed by atoms with Crippen molar-refractivity contribution in [3.05, 3.63) is 17.7 Å². The van der Waals surface area contributed by atoms with E-state index in [-0.39, 0.29) is 22.8 Å². The number of carboxylic acid groups (broad SMARTS) is 1. The molecule has 0 saturated carbocycles. The third kappa shape index (κ3) is 4.31. The lowest BCUT2D eigenvalue weighted by molar-refractivity contribution is -0.147. The summed E-state index contributed by atoms with van der Waals surface area (Å²) in [6, 6.07) is 2.74. The minimum atomic E-state index is -1.42. The molecule has 0 fully saturated rings. The molecule has 0 saturated heterocycles. The van der Waals surface area contributed by atoms with E-state index in [1.54, 1.807) is 0 Å². The first-order chi connectivity index (χ1) is 11.6. The molecule has 3 N–H and O–H groups in total. The van der Waals surface area contributed by atoms with E-state index in [1.165, 1.54) is 47.2 Å². The molecule has 0 aliphatic heterocycles. The number of benzene rings is 1. The van der Waals surface area contributed by atoms with Gasteiger partial charge in [0, 0.05) is 12.6 Å². The average molecular weight is 354 g/mol. The summed E-state index contributed by atoms with van der Waals surface area (Å²) in [6.07, 6.45) is 0. The van der Waals surface area contributed by atoms with E-state index < -0.39 is 29.9 Å². The van der Waals surface area contributed by atoms with Crippen LogP contribution in [0.4, 0.5) is 0 Å². The van der Waals surface area contributed by atoms with Gasteiger partial charge in [-0.15, -0.1) is 0 Å². The van der Waals surface area contributed by atoms with Crippen molar-refractivity contribution in [1.82, 2.24) is 4.90 Å². The maximum absolute atomic E-state index is 12.6. The zero-order valence-corrected chi connectivity index (χ0v) is 14.8. The smallest absolute Gasteiger partial charge is 0.329 e. The van der Waals surface area contributed by atoms with Gasteiger partial charge in [-0.05, 0) is 26.0 Å². The van der Waals surface area contributed by atoms with Gasteiger partial charge in [0.15, 0.2) is 18.1 Å². The maximum Gasteiger partial charge on any atom is 0.329 e. The lowest BCUT2D eigenvalue weighted by atomic mass is 10.0. The molecule has 0 aromatic heterocycles. The van der Waals surface area contributed by atoms with Gasteiger partial charge in [0.2, 0.25) is 5.75 Å². The van der Waals surface area contributed by atoms with Gasteiger partial charge in [-0.2, -0.15) is 0 Å². The van der Waals surface area contributed by atoms with Gasteiger partial charge in [0.1, 0.15) is 5.54 Å². The fourth-order valence-corrected chi connectivity index (χ4v) is 1.88. The molecule has 0 aliphatic carbocycles. The molecule has 9 heteroatoms. The van der Waals surface area contributed by atoms with E-state index in [0.717, 1.165) is 4.90 Å². The fourth-order valence-electron chi connectivity index (χ4n) is 1.88. The average Bonchev–Trinajstić information content (AvgIpc) is 2.57. The Balaban J connectivity index is 3.31. The summed E-state index contributed by atoms with van der Waals surface area (Å²) in [7, 11) is 4.09. The summed E-state index contributed by atoms with van der Waals surface area (Å²) in [5, 5.41) is 9.27. The van der Waals surface area contributed by atoms with Crippen molar-refractivity contribution in [1.29, 1.82) is 0 Å². The topological polar surface area (TPSA) is 128 Å². The number of likely N-dealkylation sites (N-methyl/N-ethyl adjacent to an activating group) is 1. The summed E-state index contributed by atoms with van der Waals surface area (Å²) in [6.45, 7) is 2.42. The third-order valence-corrected chi connectivity index (χ3v) is 3.73. The Morgan fingerprint density at radius 1 is 1.16 bits per heavy atom. The Labute approximate surface area is 145 Å². The summed E-state index contributed by atoms with van der Waals surface area (Å²) >= 11 is 0. The molecule has 0 atom stereocenters. The Bertz CT molecular complexity index is 660. The molecule has 0 radical (unpaired) electrons. The number of aliphatic carboxylic acids is 1. The lowest BCUT2D eigenvalue weighted by Crippen LogP contribution is -2.50. The predicted octanol–water partition coefficient (Wildman–Crippen LogP) is 0.503. The quantitative estimate of drug-likeness (QED) is 0.695. The summed E-state index contributed by atoms with van der Waals surface area (Å²) in [4.78, 5) is 36.0. The molecule has 0 heterocycles. The van der Waals surface area contributed by atoms with Crippen molar-refractivity contribution >= 4 is 17.8 Å². The number of hydrogen-bond donors (Lipinski definition) is 2. The summed E-state index contributed by atoms with van der Waals surface area (Å²) in [5.74, 6) is -1.99. The van der Waals surface area contributed by atoms with Gasteiger partial charge >= 0.3 is 5.97 Å². The highest BCUT2D eigenvalue weighted by atomic mass is 16.5. The molecule has 0 spiro atoms. The predicted molar refractivity (Wildman–Crippen MR) is 88.0 cm³/mol. The zero-order chi connectivity index (χ0) is 19.4. The van der Waals surface area contributed by atoms with Crippen LogP contribution in [-0.4, -0.2) is 61.2 Å². The second-order valence-electron chi connectivity index (χ2n) is 5.69. The van der Waals surface area contributed by atoms with Crippen molar-refractivity contribution in [2.75, 3.05) is 27.9 Å². The van der Waals surface area contributed by atoms with Gasteiger partial charge < -0.3 is 30.0 Å². The Kier molecular flexibility index (Phi) is 6.21. The Hall–Kier alpha value is -2.97. The molecule has 0 bridgehead atoms. The second kappa shape index (κ2) is 7.73. The van der Waals surface area contributed by atoms with Crippen molar-refractivity contribution in [2.45, 2.75) is 19.4 Å². The van der Waals surface area contributed by atoms with Crippen LogP contribution in [0.5, 0.6) is 17.2 Å². The van der Waals surface area contributed by atoms with Gasteiger partial charge in [-0.25, -0.2) is 4.79 Å². The van der Waals surface area contributed by atoms with E-state index in [0.29, 0.717) is 0 Å². The number of hydrogen-bond acceptors (Lipinski definition) is 6. The van der Waals surface area contributed by atoms with E-state index in [4.69, 9.17) is 19.9 Å². The number of carboxylic acids is 1. The highest BCUT2D eigenvalue weighted by molar-refractivity contribution is 5.98. The van der Waals surface area contributed by atoms with E-state index in [1.807, 2.05) is 0 Å². The van der Waals surface area contributed by atoms with Gasteiger partial charge in [0.05, 0.1) is 14.2 Å². The van der Waals surface area contributed by atoms with Crippen LogP contribution in [0.25, 0.3) is 0 Å². The van der Waals surface area contributed by atoms with Crippen LogP contribution < -0.4 is 19.9 Å². The van der Waals surface area contributed by atoms with Crippen molar-refractivity contribution in [2.24, 2.45) is 5.73 Å². The molecular formula is C16H22N2O7. The highest BCUT2D eigenvalue weighted by Crippen LogP contribution is 2.39. The number of methoxy groups -OCH3 is 2. The fraction of sp³-hybridized carbons (Fsp3) is 0.438. The van der Waals surface area contributed by atoms with Crippen LogP contribution in [0.1, 0.15) is 24.2 Å². The minimum absolute atomic E-state index is 0.112. The number of primary amides is 1. The van der Waals surface area contributed by atoms with Crippen molar-refractivity contribution in [3.63, 3.8) is 0 Å². The Morgan fingerprint density at radius 3 is 2.00 bits per heavy atom. The molecule has 1 rings (SSSR count). The number of nitrogens with two attached hydrogens (primary N) is 1. The normalized spacial score (nSPS) is 10.8. The minimum Gasteiger partial charge on any atom is -0.493 e. The monoisotopic (exact) mass is 354 g/mol. The number of carbonyl (C=O) groups is 3. The first kappa shape index (κ1) is 20.1. The van der Waals surface area contributed by atoms with Gasteiger partial charge in [-0.1, -0.05) is 0 Å². The molecule has 2 amide bonds. The molecule has 0 aliphatic rings. The van der Waals surface area contributed by atoms with E-state index >= 15 is 0 Å². The molecule has 1 aromatic carbocycles. The largest absolute Gasteiger partial charge is 0.493 e. The SMILES string of the molecule is COc1cc(C(=O)N(C)C(C)(C)C(=O)O)cc(OC)c1OCC(N)=O. The number of rotatable bonds is 8. The van der Waals surface area contributed by atoms with E-state index in [9.17, 15) is 19.5 Å². The molecule has 0 unspecified atom stereocenters. The summed E-state index contributed by atoms with van der Waals surface area (Å²) in [5.41, 5.74) is 3.77. The van der Waals surface area contributed by atoms with Crippen LogP contribution in [0.2, 0.25) is 0 Å². The van der Waals surface area contributed by atoms with Crippen LogP contribution in [0.3, 0.4) is 0 Å². The molecule has 138 valence electrons. The molecule has 9 nitrogen and oxygen atoms in total. The third-order valence-electron chi connectivity index (χ3n) is 3.73. The zero-order valence-electron chi connectivity index (χ0n) is 14.8. The highest BCUT2D eigenvalue weighted by Gasteiger charge is 2.36. The van der Waals surface area contributed by atoms with Crippen LogP contribution in [-0.2, 0) is 9.59 Å². The first-order valence-corrected chi connectivity index (χ1v) is 7.24. The molecule has 25 heavy (non-hydrogen) atoms. The van der Waals surface area contributed by atoms with Crippen LogP contribution >= 0.6 is 0 Å². The Morgan fingerprint density at radius 2 is 1.64 bits per heavy atom. The first-order valence-electron chi connectivity index (χ1n) is 7.24.